The molecule has 2 N–H and O–H groups in total. The van der Waals surface area contributed by atoms with E-state index < -0.39 is 5.82 Å². The number of nitrogens with one attached hydrogen (secondary N) is 2. The fraction of sp³-hybridized carbons (Fsp3) is 0.370. The minimum Gasteiger partial charge on any atom is -0.467 e. The van der Waals surface area contributed by atoms with Crippen molar-refractivity contribution in [1.29, 1.82) is 0 Å². The molecule has 188 valence electrons. The number of ether oxygens (including phenoxy) is 1. The van der Waals surface area contributed by atoms with Crippen molar-refractivity contribution in [2.24, 2.45) is 5.92 Å². The summed E-state index contributed by atoms with van der Waals surface area (Å²) in [6.45, 7) is 1.81. The topological polar surface area (TPSA) is 79.4 Å². The van der Waals surface area contributed by atoms with E-state index in [1.54, 1.807) is 12.1 Å². The van der Waals surface area contributed by atoms with Gasteiger partial charge in [0.25, 0.3) is 0 Å². The highest BCUT2D eigenvalue weighted by atomic mass is 35.5. The van der Waals surface area contributed by atoms with Crippen LogP contribution in [-0.2, 0) is 4.79 Å². The van der Waals surface area contributed by atoms with E-state index in [1.807, 2.05) is 18.2 Å². The summed E-state index contributed by atoms with van der Waals surface area (Å²) in [4.78, 5) is 24.0. The predicted molar refractivity (Wildman–Crippen MR) is 141 cm³/mol. The Morgan fingerprint density at radius 1 is 1.22 bits per heavy atom. The monoisotopic (exact) mass is 509 g/mol. The molecular weight excluding hydrogens is 481 g/mol. The molecule has 2 aliphatic carbocycles. The Balaban J connectivity index is 1.43. The summed E-state index contributed by atoms with van der Waals surface area (Å²) < 4.78 is 19.0. The molecule has 1 amide bonds. The molecular formula is C27H29ClFN5O2. The lowest BCUT2D eigenvalue weighted by Crippen LogP contribution is -2.21. The SMILES string of the molecule is COc1nc(Nc2ccc(F)c(Cl)c2)c2cc(NC(=O)C=CCN(C)CC3CC3)c(C3CC3)cc2n1. The first-order valence-corrected chi connectivity index (χ1v) is 12.5. The van der Waals surface area contributed by atoms with Gasteiger partial charge in [-0.1, -0.05) is 17.7 Å². The van der Waals surface area contributed by atoms with Gasteiger partial charge in [-0.25, -0.2) is 4.39 Å². The maximum atomic E-state index is 13.6. The highest BCUT2D eigenvalue weighted by Gasteiger charge is 2.28. The molecule has 1 heterocycles. The molecule has 0 unspecified atom stereocenters. The lowest BCUT2D eigenvalue weighted by atomic mass is 10.0. The number of hydrogen-bond donors (Lipinski definition) is 2. The number of nitrogens with zero attached hydrogens (tertiary/aromatic N) is 3. The van der Waals surface area contributed by atoms with Crippen LogP contribution in [0.25, 0.3) is 10.9 Å². The minimum absolute atomic E-state index is 0.00358. The van der Waals surface area contributed by atoms with Crippen molar-refractivity contribution in [3.63, 3.8) is 0 Å². The molecule has 0 spiro atoms. The number of hydrogen-bond acceptors (Lipinski definition) is 6. The number of methoxy groups -OCH3 is 1. The van der Waals surface area contributed by atoms with Crippen molar-refractivity contribution in [2.75, 3.05) is 37.9 Å². The second-order valence-electron chi connectivity index (χ2n) is 9.60. The van der Waals surface area contributed by atoms with Crippen LogP contribution >= 0.6 is 11.6 Å². The van der Waals surface area contributed by atoms with E-state index in [0.29, 0.717) is 28.3 Å². The van der Waals surface area contributed by atoms with Gasteiger partial charge in [0.05, 0.1) is 17.6 Å². The molecule has 2 aliphatic rings. The average Bonchev–Trinajstić information content (AvgIpc) is 3.76. The van der Waals surface area contributed by atoms with Crippen molar-refractivity contribution >= 4 is 45.6 Å². The molecule has 0 aliphatic heterocycles. The van der Waals surface area contributed by atoms with Crippen LogP contribution in [0.5, 0.6) is 6.01 Å². The van der Waals surface area contributed by atoms with Crippen molar-refractivity contribution in [2.45, 2.75) is 31.6 Å². The number of carbonyl (C=O) groups is 1. The Labute approximate surface area is 214 Å². The van der Waals surface area contributed by atoms with Crippen molar-refractivity contribution in [1.82, 2.24) is 14.9 Å². The maximum Gasteiger partial charge on any atom is 0.318 e. The number of aromatic nitrogens is 2. The zero-order chi connectivity index (χ0) is 25.2. The number of fused-ring (bicyclic) bond motifs is 1. The molecule has 9 heteroatoms. The van der Waals surface area contributed by atoms with Crippen molar-refractivity contribution < 1.29 is 13.9 Å². The van der Waals surface area contributed by atoms with Crippen LogP contribution in [-0.4, -0.2) is 48.0 Å². The summed E-state index contributed by atoms with van der Waals surface area (Å²) in [6, 6.07) is 8.44. The van der Waals surface area contributed by atoms with Crippen LogP contribution in [0.4, 0.5) is 21.6 Å². The second-order valence-corrected chi connectivity index (χ2v) is 10.0. The number of rotatable bonds is 10. The normalized spacial score (nSPS) is 15.6. The molecule has 0 radical (unpaired) electrons. The first kappa shape index (κ1) is 24.5. The molecule has 1 aromatic heterocycles. The number of anilines is 3. The molecule has 2 saturated carbocycles. The van der Waals surface area contributed by atoms with Gasteiger partial charge < -0.3 is 20.3 Å². The summed E-state index contributed by atoms with van der Waals surface area (Å²) >= 11 is 5.96. The van der Waals surface area contributed by atoms with Gasteiger partial charge in [0.15, 0.2) is 0 Å². The molecule has 7 nitrogen and oxygen atoms in total. The Hall–Kier alpha value is -3.23. The number of halogens is 2. The summed E-state index contributed by atoms with van der Waals surface area (Å²) in [6.07, 6.45) is 8.24. The molecule has 0 atom stereocenters. The van der Waals surface area contributed by atoms with Crippen LogP contribution < -0.4 is 15.4 Å². The number of benzene rings is 2. The van der Waals surface area contributed by atoms with Gasteiger partial charge in [-0.3, -0.25) is 4.79 Å². The Morgan fingerprint density at radius 3 is 2.72 bits per heavy atom. The molecule has 2 fully saturated rings. The highest BCUT2D eigenvalue weighted by Crippen LogP contribution is 2.45. The Morgan fingerprint density at radius 2 is 2.03 bits per heavy atom. The van der Waals surface area contributed by atoms with Crippen LogP contribution in [0.15, 0.2) is 42.5 Å². The van der Waals surface area contributed by atoms with Crippen LogP contribution in [0, 0.1) is 11.7 Å². The van der Waals surface area contributed by atoms with E-state index in [4.69, 9.17) is 16.3 Å². The van der Waals surface area contributed by atoms with Gasteiger partial charge >= 0.3 is 6.01 Å². The summed E-state index contributed by atoms with van der Waals surface area (Å²) in [7, 11) is 3.58. The van der Waals surface area contributed by atoms with Crippen LogP contribution in [0.3, 0.4) is 0 Å². The average molecular weight is 510 g/mol. The lowest BCUT2D eigenvalue weighted by molar-refractivity contribution is -0.111. The zero-order valence-corrected chi connectivity index (χ0v) is 21.1. The van der Waals surface area contributed by atoms with E-state index in [0.717, 1.165) is 43.1 Å². The third-order valence-electron chi connectivity index (χ3n) is 6.44. The summed E-state index contributed by atoms with van der Waals surface area (Å²) in [5.74, 6) is 0.982. The van der Waals surface area contributed by atoms with E-state index in [-0.39, 0.29) is 16.9 Å². The zero-order valence-electron chi connectivity index (χ0n) is 20.4. The predicted octanol–water partition coefficient (Wildman–Crippen LogP) is 5.89. The smallest absolute Gasteiger partial charge is 0.318 e. The maximum absolute atomic E-state index is 13.6. The van der Waals surface area contributed by atoms with Gasteiger partial charge in [-0.2, -0.15) is 9.97 Å². The first-order chi connectivity index (χ1) is 17.4. The lowest BCUT2D eigenvalue weighted by Gasteiger charge is -2.15. The molecule has 0 saturated heterocycles. The third kappa shape index (κ3) is 5.94. The van der Waals surface area contributed by atoms with Gasteiger partial charge in [-0.15, -0.1) is 0 Å². The molecule has 2 aromatic carbocycles. The van der Waals surface area contributed by atoms with E-state index in [2.05, 4.69) is 32.5 Å². The summed E-state index contributed by atoms with van der Waals surface area (Å²) in [5, 5.41) is 6.95. The standard InChI is InChI=1S/C27H29ClFN5O2/c1-34(15-16-5-6-16)11-3-4-25(35)31-23-14-20-24(13-19(23)17-7-8-17)32-27(36-2)33-26(20)30-18-9-10-22(29)21(28)12-18/h3-4,9-10,12-14,16-17H,5-8,11,15H2,1-2H3,(H,31,35)(H,30,32,33). The second kappa shape index (κ2) is 10.4. The minimum atomic E-state index is -0.502. The Bertz CT molecular complexity index is 1320. The molecule has 36 heavy (non-hydrogen) atoms. The summed E-state index contributed by atoms with van der Waals surface area (Å²) in [5.41, 5.74) is 3.04. The largest absolute Gasteiger partial charge is 0.467 e. The van der Waals surface area contributed by atoms with E-state index >= 15 is 0 Å². The molecule has 5 rings (SSSR count). The van der Waals surface area contributed by atoms with Gasteiger partial charge in [0, 0.05) is 35.9 Å². The van der Waals surface area contributed by atoms with E-state index in [9.17, 15) is 9.18 Å². The molecule has 0 bridgehead atoms. The highest BCUT2D eigenvalue weighted by molar-refractivity contribution is 6.31. The van der Waals surface area contributed by atoms with Crippen LogP contribution in [0.2, 0.25) is 5.02 Å². The number of carbonyl (C=O) groups excluding carboxylic acids is 1. The molecule has 3 aromatic rings. The van der Waals surface area contributed by atoms with Gasteiger partial charge in [-0.05, 0) is 80.5 Å². The van der Waals surface area contributed by atoms with Gasteiger partial charge in [0.1, 0.15) is 11.6 Å². The van der Waals surface area contributed by atoms with Crippen molar-refractivity contribution in [3.8, 4) is 6.01 Å². The first-order valence-electron chi connectivity index (χ1n) is 12.2. The van der Waals surface area contributed by atoms with Gasteiger partial charge in [0.2, 0.25) is 5.91 Å². The quantitative estimate of drug-likeness (QED) is 0.332. The van der Waals surface area contributed by atoms with E-state index in [1.165, 1.54) is 32.1 Å². The Kier molecular flexibility index (Phi) is 7.07. The van der Waals surface area contributed by atoms with Crippen LogP contribution in [0.1, 0.15) is 37.2 Å². The fourth-order valence-electron chi connectivity index (χ4n) is 4.24. The number of amides is 1. The third-order valence-corrected chi connectivity index (χ3v) is 6.73. The van der Waals surface area contributed by atoms with Crippen molar-refractivity contribution in [3.05, 3.63) is 58.9 Å². The fourth-order valence-corrected chi connectivity index (χ4v) is 4.42. The number of likely N-dealkylation sites (N-methyl/N-ethyl adjacent to an activating group) is 1.